The van der Waals surface area contributed by atoms with Gasteiger partial charge in [0.1, 0.15) is 18.2 Å². The van der Waals surface area contributed by atoms with Crippen molar-refractivity contribution in [3.8, 4) is 6.07 Å². The van der Waals surface area contributed by atoms with E-state index >= 15 is 0 Å². The molecule has 1 aromatic rings. The van der Waals surface area contributed by atoms with Crippen LogP contribution in [-0.2, 0) is 11.2 Å². The lowest BCUT2D eigenvalue weighted by molar-refractivity contribution is -0.110. The molecular weight excluding hydrogens is 181 g/mol. The van der Waals surface area contributed by atoms with Crippen LogP contribution in [0.4, 0.5) is 4.39 Å². The molecule has 1 rings (SSSR count). The van der Waals surface area contributed by atoms with Crippen LogP contribution < -0.4 is 0 Å². The Kier molecular flexibility index (Phi) is 3.35. The summed E-state index contributed by atoms with van der Waals surface area (Å²) < 4.78 is 13.1. The van der Waals surface area contributed by atoms with Crippen LogP contribution in [0.5, 0.6) is 0 Å². The van der Waals surface area contributed by atoms with Crippen molar-refractivity contribution < 1.29 is 9.18 Å². The molecule has 0 aromatic heterocycles. The van der Waals surface area contributed by atoms with Gasteiger partial charge in [-0.15, -0.1) is 0 Å². The number of carbonyl (C=O) groups is 1. The van der Waals surface area contributed by atoms with Gasteiger partial charge in [-0.25, -0.2) is 4.39 Å². The molecule has 0 amide bonds. The zero-order valence-electron chi connectivity index (χ0n) is 7.83. The Labute approximate surface area is 82.0 Å². The fraction of sp³-hybridized carbons (Fsp3) is 0.273. The number of carbonyl (C=O) groups excluding carboxylic acids is 1. The van der Waals surface area contributed by atoms with Crippen molar-refractivity contribution in [2.24, 2.45) is 5.92 Å². The Balaban J connectivity index is 2.87. The van der Waals surface area contributed by atoms with Gasteiger partial charge >= 0.3 is 0 Å². The molecule has 0 N–H and O–H groups in total. The van der Waals surface area contributed by atoms with Crippen LogP contribution in [0.3, 0.4) is 0 Å². The summed E-state index contributed by atoms with van der Waals surface area (Å²) in [5, 5.41) is 8.49. The second-order valence-electron chi connectivity index (χ2n) is 3.24. The number of halogens is 1. The molecule has 2 nitrogen and oxygen atoms in total. The molecule has 1 unspecified atom stereocenters. The highest BCUT2D eigenvalue weighted by atomic mass is 19.1. The summed E-state index contributed by atoms with van der Waals surface area (Å²) >= 11 is 0. The van der Waals surface area contributed by atoms with Gasteiger partial charge in [0.25, 0.3) is 0 Å². The molecule has 0 aliphatic heterocycles. The van der Waals surface area contributed by atoms with Gasteiger partial charge in [0.2, 0.25) is 0 Å². The smallest absolute Gasteiger partial charge is 0.141 e. The summed E-state index contributed by atoms with van der Waals surface area (Å²) in [6, 6.07) is 6.15. The second-order valence-corrected chi connectivity index (χ2v) is 3.24. The number of nitrogens with zero attached hydrogens (tertiary/aromatic N) is 1. The van der Waals surface area contributed by atoms with E-state index < -0.39 is 5.82 Å². The molecular formula is C11H10FNO. The third kappa shape index (κ3) is 2.40. The van der Waals surface area contributed by atoms with Crippen molar-refractivity contribution >= 4 is 6.29 Å². The molecule has 3 heteroatoms. The van der Waals surface area contributed by atoms with Crippen LogP contribution in [0.1, 0.15) is 18.1 Å². The maximum absolute atomic E-state index is 13.1. The van der Waals surface area contributed by atoms with Gasteiger partial charge < -0.3 is 4.79 Å². The maximum atomic E-state index is 13.1. The first-order valence-corrected chi connectivity index (χ1v) is 4.31. The first-order chi connectivity index (χ1) is 6.67. The van der Waals surface area contributed by atoms with E-state index in [1.165, 1.54) is 12.1 Å². The van der Waals surface area contributed by atoms with E-state index in [4.69, 9.17) is 5.26 Å². The number of rotatable bonds is 3. The fourth-order valence-electron chi connectivity index (χ4n) is 1.20. The lowest BCUT2D eigenvalue weighted by atomic mass is 10.0. The Bertz CT molecular complexity index is 381. The molecule has 0 radical (unpaired) electrons. The standard InChI is InChI=1S/C11H10FNO/c1-8(7-14)4-9-2-3-10(6-13)11(12)5-9/h2-3,5,7-8H,4H2,1H3. The number of aldehydes is 1. The van der Waals surface area contributed by atoms with Crippen molar-refractivity contribution in [2.75, 3.05) is 0 Å². The van der Waals surface area contributed by atoms with Gasteiger partial charge in [0.15, 0.2) is 0 Å². The van der Waals surface area contributed by atoms with Gasteiger partial charge in [0, 0.05) is 5.92 Å². The second kappa shape index (κ2) is 4.52. The van der Waals surface area contributed by atoms with Crippen LogP contribution in [0.15, 0.2) is 18.2 Å². The summed E-state index contributed by atoms with van der Waals surface area (Å²) in [6.45, 7) is 1.77. The van der Waals surface area contributed by atoms with Crippen LogP contribution in [0.2, 0.25) is 0 Å². The summed E-state index contributed by atoms with van der Waals surface area (Å²) in [6.07, 6.45) is 1.34. The van der Waals surface area contributed by atoms with E-state index in [1.54, 1.807) is 19.1 Å². The van der Waals surface area contributed by atoms with Crippen molar-refractivity contribution in [3.63, 3.8) is 0 Å². The van der Waals surface area contributed by atoms with Gasteiger partial charge in [0.05, 0.1) is 5.56 Å². The van der Waals surface area contributed by atoms with Crippen molar-refractivity contribution in [1.82, 2.24) is 0 Å². The molecule has 0 fully saturated rings. The SMILES string of the molecule is CC(C=O)Cc1ccc(C#N)c(F)c1. The molecule has 1 atom stereocenters. The summed E-state index contributed by atoms with van der Waals surface area (Å²) in [4.78, 5) is 10.4. The molecule has 0 aliphatic carbocycles. The van der Waals surface area contributed by atoms with E-state index in [2.05, 4.69) is 0 Å². The minimum absolute atomic E-state index is 0.0347. The van der Waals surface area contributed by atoms with Crippen LogP contribution >= 0.6 is 0 Å². The lowest BCUT2D eigenvalue weighted by Crippen LogP contribution is -2.01. The van der Waals surface area contributed by atoms with Crippen molar-refractivity contribution in [2.45, 2.75) is 13.3 Å². The van der Waals surface area contributed by atoms with E-state index in [0.29, 0.717) is 6.42 Å². The lowest BCUT2D eigenvalue weighted by Gasteiger charge is -2.03. The number of hydrogen-bond donors (Lipinski definition) is 0. The Morgan fingerprint density at radius 3 is 2.86 bits per heavy atom. The number of nitriles is 1. The predicted octanol–water partition coefficient (Wildman–Crippen LogP) is 2.07. The minimum atomic E-state index is -0.525. The molecule has 0 heterocycles. The third-order valence-electron chi connectivity index (χ3n) is 1.94. The van der Waals surface area contributed by atoms with Gasteiger partial charge in [-0.3, -0.25) is 0 Å². The van der Waals surface area contributed by atoms with E-state index in [1.807, 2.05) is 0 Å². The molecule has 0 saturated heterocycles. The summed E-state index contributed by atoms with van der Waals surface area (Å²) in [5.74, 6) is -0.648. The highest BCUT2D eigenvalue weighted by molar-refractivity contribution is 5.53. The van der Waals surface area contributed by atoms with Crippen LogP contribution in [0.25, 0.3) is 0 Å². The largest absolute Gasteiger partial charge is 0.303 e. The predicted molar refractivity (Wildman–Crippen MR) is 50.0 cm³/mol. The maximum Gasteiger partial charge on any atom is 0.141 e. The summed E-state index contributed by atoms with van der Waals surface area (Å²) in [5.41, 5.74) is 0.772. The summed E-state index contributed by atoms with van der Waals surface area (Å²) in [7, 11) is 0. The van der Waals surface area contributed by atoms with E-state index in [9.17, 15) is 9.18 Å². The molecule has 0 bridgehead atoms. The number of hydrogen-bond acceptors (Lipinski definition) is 2. The zero-order chi connectivity index (χ0) is 10.6. The first kappa shape index (κ1) is 10.4. The van der Waals surface area contributed by atoms with Crippen molar-refractivity contribution in [1.29, 1.82) is 5.26 Å². The Morgan fingerprint density at radius 1 is 1.64 bits per heavy atom. The third-order valence-corrected chi connectivity index (χ3v) is 1.94. The zero-order valence-corrected chi connectivity index (χ0v) is 7.83. The molecule has 14 heavy (non-hydrogen) atoms. The highest BCUT2D eigenvalue weighted by Gasteiger charge is 2.05. The normalized spacial score (nSPS) is 11.8. The van der Waals surface area contributed by atoms with E-state index in [0.717, 1.165) is 11.8 Å². The first-order valence-electron chi connectivity index (χ1n) is 4.31. The molecule has 1 aromatic carbocycles. The molecule has 0 saturated carbocycles. The van der Waals surface area contributed by atoms with Gasteiger partial charge in [-0.05, 0) is 24.1 Å². The quantitative estimate of drug-likeness (QED) is 0.686. The van der Waals surface area contributed by atoms with Gasteiger partial charge in [-0.1, -0.05) is 13.0 Å². The Hall–Kier alpha value is -1.69. The molecule has 72 valence electrons. The van der Waals surface area contributed by atoms with E-state index in [-0.39, 0.29) is 11.5 Å². The topological polar surface area (TPSA) is 40.9 Å². The average Bonchev–Trinajstić information content (AvgIpc) is 2.18. The molecule has 0 aliphatic rings. The highest BCUT2D eigenvalue weighted by Crippen LogP contribution is 2.12. The Morgan fingerprint density at radius 2 is 2.36 bits per heavy atom. The molecule has 0 spiro atoms. The van der Waals surface area contributed by atoms with Crippen LogP contribution in [-0.4, -0.2) is 6.29 Å². The monoisotopic (exact) mass is 191 g/mol. The average molecular weight is 191 g/mol. The fourth-order valence-corrected chi connectivity index (χ4v) is 1.20. The van der Waals surface area contributed by atoms with Gasteiger partial charge in [-0.2, -0.15) is 5.26 Å². The number of benzene rings is 1. The van der Waals surface area contributed by atoms with Crippen LogP contribution in [0, 0.1) is 23.1 Å². The van der Waals surface area contributed by atoms with Crippen molar-refractivity contribution in [3.05, 3.63) is 35.1 Å². The minimum Gasteiger partial charge on any atom is -0.303 e.